The first-order valence-corrected chi connectivity index (χ1v) is 5.99. The van der Waals surface area contributed by atoms with Gasteiger partial charge in [-0.15, -0.1) is 0 Å². The monoisotopic (exact) mass is 287 g/mol. The highest BCUT2D eigenvalue weighted by molar-refractivity contribution is 6.01. The van der Waals surface area contributed by atoms with Crippen molar-refractivity contribution < 1.29 is 20.1 Å². The van der Waals surface area contributed by atoms with Gasteiger partial charge in [0.2, 0.25) is 0 Å². The highest BCUT2D eigenvalue weighted by atomic mass is 16.3. The van der Waals surface area contributed by atoms with E-state index >= 15 is 0 Å². The quantitative estimate of drug-likeness (QED) is 0.386. The first kappa shape index (κ1) is 14.3. The van der Waals surface area contributed by atoms with Crippen LogP contribution in [-0.4, -0.2) is 31.9 Å². The van der Waals surface area contributed by atoms with Crippen LogP contribution in [0.5, 0.6) is 17.2 Å². The SMILES string of the molecule is C/C(=N/NC(=O)c1cc(O)c(O)c(O)c1)c1ccncc1. The van der Waals surface area contributed by atoms with Gasteiger partial charge in [-0.1, -0.05) is 0 Å². The van der Waals surface area contributed by atoms with Gasteiger partial charge in [-0.25, -0.2) is 5.43 Å². The maximum absolute atomic E-state index is 11.9. The van der Waals surface area contributed by atoms with Crippen LogP contribution in [0.15, 0.2) is 41.8 Å². The van der Waals surface area contributed by atoms with E-state index in [0.29, 0.717) is 5.71 Å². The third kappa shape index (κ3) is 3.27. The van der Waals surface area contributed by atoms with Crippen molar-refractivity contribution in [3.05, 3.63) is 47.8 Å². The van der Waals surface area contributed by atoms with Gasteiger partial charge in [0.25, 0.3) is 5.91 Å². The molecule has 0 saturated carbocycles. The van der Waals surface area contributed by atoms with Crippen molar-refractivity contribution >= 4 is 11.6 Å². The van der Waals surface area contributed by atoms with Gasteiger partial charge in [-0.3, -0.25) is 9.78 Å². The van der Waals surface area contributed by atoms with E-state index in [1.165, 1.54) is 0 Å². The predicted octanol–water partition coefficient (Wildman–Crippen LogP) is 1.35. The molecular formula is C14H13N3O4. The van der Waals surface area contributed by atoms with E-state index in [1.807, 2.05) is 0 Å². The van der Waals surface area contributed by atoms with E-state index in [2.05, 4.69) is 15.5 Å². The van der Waals surface area contributed by atoms with Crippen molar-refractivity contribution in [2.24, 2.45) is 5.10 Å². The van der Waals surface area contributed by atoms with Crippen molar-refractivity contribution in [3.63, 3.8) is 0 Å². The molecule has 0 aliphatic rings. The second-order valence-corrected chi connectivity index (χ2v) is 4.24. The number of nitrogens with one attached hydrogen (secondary N) is 1. The summed E-state index contributed by atoms with van der Waals surface area (Å²) in [5.41, 5.74) is 3.62. The molecule has 7 nitrogen and oxygen atoms in total. The largest absolute Gasteiger partial charge is 0.504 e. The number of hydrogen-bond acceptors (Lipinski definition) is 6. The number of rotatable bonds is 3. The number of carbonyl (C=O) groups is 1. The Balaban J connectivity index is 2.15. The van der Waals surface area contributed by atoms with Crippen molar-refractivity contribution in [1.29, 1.82) is 0 Å². The van der Waals surface area contributed by atoms with E-state index in [4.69, 9.17) is 0 Å². The summed E-state index contributed by atoms with van der Waals surface area (Å²) in [4.78, 5) is 15.7. The zero-order valence-corrected chi connectivity index (χ0v) is 11.1. The molecule has 21 heavy (non-hydrogen) atoms. The van der Waals surface area contributed by atoms with Gasteiger partial charge in [0.15, 0.2) is 17.2 Å². The molecule has 0 spiro atoms. The van der Waals surface area contributed by atoms with E-state index < -0.39 is 23.2 Å². The molecule has 2 aromatic rings. The van der Waals surface area contributed by atoms with E-state index in [9.17, 15) is 20.1 Å². The number of aromatic nitrogens is 1. The summed E-state index contributed by atoms with van der Waals surface area (Å²) in [6.45, 7) is 1.71. The number of phenols is 3. The maximum Gasteiger partial charge on any atom is 0.271 e. The summed E-state index contributed by atoms with van der Waals surface area (Å²) in [5.74, 6) is -2.48. The molecule has 1 heterocycles. The maximum atomic E-state index is 11.9. The standard InChI is InChI=1S/C14H13N3O4/c1-8(9-2-4-15-5-3-9)16-17-14(21)10-6-11(18)13(20)12(19)7-10/h2-7,18-20H,1H3,(H,17,21)/b16-8-. The normalized spacial score (nSPS) is 11.2. The lowest BCUT2D eigenvalue weighted by molar-refractivity contribution is 0.0954. The minimum absolute atomic E-state index is 0.0333. The van der Waals surface area contributed by atoms with Gasteiger partial charge >= 0.3 is 0 Å². The molecule has 7 heteroatoms. The Hall–Kier alpha value is -3.09. The van der Waals surface area contributed by atoms with Crippen LogP contribution in [-0.2, 0) is 0 Å². The van der Waals surface area contributed by atoms with E-state index in [-0.39, 0.29) is 5.56 Å². The Morgan fingerprint density at radius 3 is 2.24 bits per heavy atom. The first-order chi connectivity index (χ1) is 9.99. The molecule has 2 rings (SSSR count). The summed E-state index contributed by atoms with van der Waals surface area (Å²) >= 11 is 0. The highest BCUT2D eigenvalue weighted by Gasteiger charge is 2.13. The Bertz CT molecular complexity index is 676. The summed E-state index contributed by atoms with van der Waals surface area (Å²) in [5, 5.41) is 31.8. The minimum atomic E-state index is -0.678. The smallest absolute Gasteiger partial charge is 0.271 e. The molecule has 0 aliphatic carbocycles. The van der Waals surface area contributed by atoms with Crippen LogP contribution in [0.25, 0.3) is 0 Å². The molecule has 1 aromatic heterocycles. The molecule has 1 aromatic carbocycles. The van der Waals surface area contributed by atoms with Crippen LogP contribution in [0, 0.1) is 0 Å². The third-order valence-electron chi connectivity index (χ3n) is 2.76. The average molecular weight is 287 g/mol. The molecule has 0 saturated heterocycles. The predicted molar refractivity (Wildman–Crippen MR) is 75.4 cm³/mol. The summed E-state index contributed by atoms with van der Waals surface area (Å²) < 4.78 is 0. The Morgan fingerprint density at radius 1 is 1.10 bits per heavy atom. The summed E-state index contributed by atoms with van der Waals surface area (Å²) in [6, 6.07) is 5.54. The van der Waals surface area contributed by atoms with Gasteiger partial charge < -0.3 is 15.3 Å². The van der Waals surface area contributed by atoms with Gasteiger partial charge in [-0.05, 0) is 31.2 Å². The zero-order valence-electron chi connectivity index (χ0n) is 11.1. The highest BCUT2D eigenvalue weighted by Crippen LogP contribution is 2.35. The van der Waals surface area contributed by atoms with Gasteiger partial charge in [-0.2, -0.15) is 5.10 Å². The molecule has 0 atom stereocenters. The lowest BCUT2D eigenvalue weighted by Crippen LogP contribution is -2.19. The molecule has 0 fully saturated rings. The fourth-order valence-electron chi connectivity index (χ4n) is 1.59. The minimum Gasteiger partial charge on any atom is -0.504 e. The number of hydrazone groups is 1. The average Bonchev–Trinajstić information content (AvgIpc) is 2.50. The fraction of sp³-hybridized carbons (Fsp3) is 0.0714. The van der Waals surface area contributed by atoms with Crippen LogP contribution in [0.4, 0.5) is 0 Å². The van der Waals surface area contributed by atoms with Crippen molar-refractivity contribution in [1.82, 2.24) is 10.4 Å². The number of nitrogens with zero attached hydrogens (tertiary/aromatic N) is 2. The fourth-order valence-corrected chi connectivity index (χ4v) is 1.59. The number of pyridine rings is 1. The molecule has 1 amide bonds. The molecular weight excluding hydrogens is 274 g/mol. The summed E-state index contributed by atoms with van der Waals surface area (Å²) in [6.07, 6.45) is 3.21. The molecule has 0 aliphatic heterocycles. The van der Waals surface area contributed by atoms with E-state index in [0.717, 1.165) is 17.7 Å². The number of aromatic hydroxyl groups is 3. The molecule has 0 unspecified atom stereocenters. The van der Waals surface area contributed by atoms with Crippen LogP contribution >= 0.6 is 0 Å². The number of phenolic OH excluding ortho intramolecular Hbond substituents is 3. The first-order valence-electron chi connectivity index (χ1n) is 5.99. The third-order valence-corrected chi connectivity index (χ3v) is 2.76. The van der Waals surface area contributed by atoms with E-state index in [1.54, 1.807) is 31.5 Å². The van der Waals surface area contributed by atoms with Gasteiger partial charge in [0, 0.05) is 23.5 Å². The van der Waals surface area contributed by atoms with Crippen molar-refractivity contribution in [2.75, 3.05) is 0 Å². The number of benzene rings is 1. The Kier molecular flexibility index (Phi) is 4.03. The van der Waals surface area contributed by atoms with Gasteiger partial charge in [0.1, 0.15) is 0 Å². The summed E-state index contributed by atoms with van der Waals surface area (Å²) in [7, 11) is 0. The van der Waals surface area contributed by atoms with Crippen LogP contribution in [0.1, 0.15) is 22.8 Å². The lowest BCUT2D eigenvalue weighted by Gasteiger charge is -2.05. The second kappa shape index (κ2) is 5.91. The zero-order chi connectivity index (χ0) is 15.4. The number of hydrogen-bond donors (Lipinski definition) is 4. The molecule has 108 valence electrons. The van der Waals surface area contributed by atoms with Crippen LogP contribution in [0.2, 0.25) is 0 Å². The van der Waals surface area contributed by atoms with Crippen LogP contribution in [0.3, 0.4) is 0 Å². The van der Waals surface area contributed by atoms with Crippen molar-refractivity contribution in [3.8, 4) is 17.2 Å². The molecule has 0 bridgehead atoms. The topological polar surface area (TPSA) is 115 Å². The Labute approximate surface area is 120 Å². The molecule has 0 radical (unpaired) electrons. The van der Waals surface area contributed by atoms with Crippen LogP contribution < -0.4 is 5.43 Å². The van der Waals surface area contributed by atoms with Gasteiger partial charge in [0.05, 0.1) is 5.71 Å². The Morgan fingerprint density at radius 2 is 1.67 bits per heavy atom. The number of amides is 1. The van der Waals surface area contributed by atoms with Crippen molar-refractivity contribution in [2.45, 2.75) is 6.92 Å². The number of carbonyl (C=O) groups excluding carboxylic acids is 1. The second-order valence-electron chi connectivity index (χ2n) is 4.24. The lowest BCUT2D eigenvalue weighted by atomic mass is 10.1. The molecule has 4 N–H and O–H groups in total.